The Balaban J connectivity index is 3.35. The Morgan fingerprint density at radius 1 is 0.370 bits per heavy atom. The van der Waals surface area contributed by atoms with Gasteiger partial charge in [0.2, 0.25) is 5.91 Å². The van der Waals surface area contributed by atoms with Crippen molar-refractivity contribution in [1.29, 1.82) is 0 Å². The first kappa shape index (κ1) is 71.3. The van der Waals surface area contributed by atoms with Crippen LogP contribution in [0.3, 0.4) is 0 Å². The molecule has 0 bridgehead atoms. The Labute approximate surface area is 456 Å². The maximum atomic E-state index is 12.5. The van der Waals surface area contributed by atoms with Crippen molar-refractivity contribution in [2.24, 2.45) is 0 Å². The summed E-state index contributed by atoms with van der Waals surface area (Å²) in [5.41, 5.74) is 0. The molecule has 0 aliphatic rings. The molecule has 0 radical (unpaired) electrons. The molecule has 0 saturated carbocycles. The summed E-state index contributed by atoms with van der Waals surface area (Å²) in [7, 11) is 0. The number of rotatable bonds is 62. The molecule has 0 rings (SSSR count). The lowest BCUT2D eigenvalue weighted by atomic mass is 10.0. The Morgan fingerprint density at radius 3 is 0.973 bits per heavy atom. The zero-order valence-electron chi connectivity index (χ0n) is 49.4. The Morgan fingerprint density at radius 2 is 0.644 bits per heavy atom. The van der Waals surface area contributed by atoms with Gasteiger partial charge in [-0.1, -0.05) is 321 Å². The molecule has 1 amide bonds. The Kier molecular flexibility index (Phi) is 61.4. The average Bonchev–Trinajstić information content (AvgIpc) is 3.39. The maximum Gasteiger partial charge on any atom is 0.305 e. The fourth-order valence-electron chi connectivity index (χ4n) is 10.4. The van der Waals surface area contributed by atoms with Crippen LogP contribution in [0.5, 0.6) is 0 Å². The molecule has 6 nitrogen and oxygen atoms in total. The van der Waals surface area contributed by atoms with Crippen LogP contribution in [0.15, 0.2) is 24.3 Å². The number of unbranched alkanes of at least 4 members (excludes halogenated alkanes) is 49. The van der Waals surface area contributed by atoms with E-state index in [4.69, 9.17) is 4.74 Å². The van der Waals surface area contributed by atoms with E-state index in [0.717, 1.165) is 44.9 Å². The number of aliphatic hydroxyl groups is 2. The van der Waals surface area contributed by atoms with Gasteiger partial charge in [0.25, 0.3) is 0 Å². The third-order valence-corrected chi connectivity index (χ3v) is 15.5. The number of carbonyl (C=O) groups is 2. The van der Waals surface area contributed by atoms with Crippen molar-refractivity contribution < 1.29 is 24.5 Å². The van der Waals surface area contributed by atoms with Crippen LogP contribution in [0.4, 0.5) is 0 Å². The van der Waals surface area contributed by atoms with Gasteiger partial charge in [-0.2, -0.15) is 0 Å². The highest BCUT2D eigenvalue weighted by Crippen LogP contribution is 2.18. The van der Waals surface area contributed by atoms with Crippen molar-refractivity contribution in [3.05, 3.63) is 24.3 Å². The van der Waals surface area contributed by atoms with Crippen molar-refractivity contribution in [2.45, 2.75) is 379 Å². The Hall–Kier alpha value is -1.66. The zero-order valence-corrected chi connectivity index (χ0v) is 49.4. The summed E-state index contributed by atoms with van der Waals surface area (Å²) in [6.07, 6.45) is 78.1. The fraction of sp³-hybridized carbons (Fsp3) is 0.910. The van der Waals surface area contributed by atoms with E-state index in [1.807, 2.05) is 6.08 Å². The summed E-state index contributed by atoms with van der Waals surface area (Å²) >= 11 is 0. The molecule has 2 unspecified atom stereocenters. The molecule has 432 valence electrons. The number of hydrogen-bond acceptors (Lipinski definition) is 5. The molecule has 2 atom stereocenters. The number of ether oxygens (including phenoxy) is 1. The van der Waals surface area contributed by atoms with Gasteiger partial charge in [-0.15, -0.1) is 0 Å². The van der Waals surface area contributed by atoms with Crippen LogP contribution in [-0.2, 0) is 14.3 Å². The van der Waals surface area contributed by atoms with Crippen molar-refractivity contribution in [3.8, 4) is 0 Å². The van der Waals surface area contributed by atoms with E-state index in [2.05, 4.69) is 31.3 Å². The molecule has 3 N–H and O–H groups in total. The monoisotopic (exact) mass is 1030 g/mol. The first-order chi connectivity index (χ1) is 36.0. The van der Waals surface area contributed by atoms with Gasteiger partial charge in [0.15, 0.2) is 0 Å². The lowest BCUT2D eigenvalue weighted by Gasteiger charge is -2.20. The summed E-state index contributed by atoms with van der Waals surface area (Å²) in [6.45, 7) is 4.92. The first-order valence-electron chi connectivity index (χ1n) is 33.1. The average molecular weight is 1030 g/mol. The van der Waals surface area contributed by atoms with Gasteiger partial charge in [-0.25, -0.2) is 0 Å². The summed E-state index contributed by atoms with van der Waals surface area (Å²) in [6, 6.07) is -0.625. The molecule has 0 spiro atoms. The zero-order chi connectivity index (χ0) is 52.9. The van der Waals surface area contributed by atoms with Crippen LogP contribution >= 0.6 is 0 Å². The van der Waals surface area contributed by atoms with E-state index < -0.39 is 12.1 Å². The van der Waals surface area contributed by atoms with Crippen LogP contribution in [0.25, 0.3) is 0 Å². The molecule has 0 heterocycles. The topological polar surface area (TPSA) is 95.9 Å². The molecule has 0 aromatic heterocycles. The standard InChI is InChI=1S/C67H129NO5/c1-3-5-7-9-11-13-15-17-32-37-41-45-49-53-57-61-67(72)73-62-58-54-50-46-42-38-34-31-29-27-25-23-21-19-20-22-24-26-28-30-33-36-40-44-48-52-56-60-66(71)68-64(63-69)65(70)59-55-51-47-43-39-35-18-16-14-12-10-8-6-4-2/h17,32,55,59,64-65,69-70H,3-16,18-31,33-54,56-58,60-63H2,1-2H3,(H,68,71)/b32-17-,59-55+. The van der Waals surface area contributed by atoms with Crippen LogP contribution in [0.1, 0.15) is 367 Å². The summed E-state index contributed by atoms with van der Waals surface area (Å²) in [4.78, 5) is 24.5. The first-order valence-corrected chi connectivity index (χ1v) is 33.1. The molecule has 73 heavy (non-hydrogen) atoms. The predicted molar refractivity (Wildman–Crippen MR) is 320 cm³/mol. The van der Waals surface area contributed by atoms with Gasteiger partial charge in [0, 0.05) is 12.8 Å². The second kappa shape index (κ2) is 62.9. The highest BCUT2D eigenvalue weighted by molar-refractivity contribution is 5.76. The number of esters is 1. The largest absolute Gasteiger partial charge is 0.466 e. The SMILES string of the molecule is CCCCCCCC/C=C\CCCCCCCC(=O)OCCCCCCCCCCCCCCCCCCCCCCCCCCCCCC(=O)NC(CO)C(O)/C=C/CCCCCCCCCCCCCC. The third kappa shape index (κ3) is 59.4. The van der Waals surface area contributed by atoms with Gasteiger partial charge in [-0.3, -0.25) is 9.59 Å². The second-order valence-corrected chi connectivity index (χ2v) is 22.8. The molecular formula is C67H129NO5. The summed E-state index contributed by atoms with van der Waals surface area (Å²) in [5, 5.41) is 23.1. The van der Waals surface area contributed by atoms with E-state index in [-0.39, 0.29) is 18.5 Å². The molecular weight excluding hydrogens is 899 g/mol. The lowest BCUT2D eigenvalue weighted by molar-refractivity contribution is -0.143. The quantitative estimate of drug-likeness (QED) is 0.0320. The van der Waals surface area contributed by atoms with Crippen molar-refractivity contribution in [2.75, 3.05) is 13.2 Å². The van der Waals surface area contributed by atoms with Crippen LogP contribution in [-0.4, -0.2) is 47.4 Å². The normalized spacial score (nSPS) is 12.7. The molecule has 0 fully saturated rings. The number of allylic oxidation sites excluding steroid dienone is 3. The van der Waals surface area contributed by atoms with Gasteiger partial charge in [0.1, 0.15) is 0 Å². The number of amides is 1. The maximum absolute atomic E-state index is 12.5. The van der Waals surface area contributed by atoms with E-state index in [0.29, 0.717) is 19.4 Å². The van der Waals surface area contributed by atoms with E-state index in [1.54, 1.807) is 6.08 Å². The van der Waals surface area contributed by atoms with Crippen LogP contribution in [0.2, 0.25) is 0 Å². The van der Waals surface area contributed by atoms with E-state index >= 15 is 0 Å². The third-order valence-electron chi connectivity index (χ3n) is 15.5. The minimum atomic E-state index is -0.842. The van der Waals surface area contributed by atoms with Gasteiger partial charge in [0.05, 0.1) is 25.4 Å². The smallest absolute Gasteiger partial charge is 0.305 e. The van der Waals surface area contributed by atoms with Crippen molar-refractivity contribution >= 4 is 11.9 Å². The van der Waals surface area contributed by atoms with Crippen LogP contribution in [0, 0.1) is 0 Å². The molecule has 0 aliphatic carbocycles. The number of aliphatic hydroxyl groups excluding tert-OH is 2. The predicted octanol–water partition coefficient (Wildman–Crippen LogP) is 21.0. The summed E-state index contributed by atoms with van der Waals surface area (Å²) < 4.78 is 5.49. The highest BCUT2D eigenvalue weighted by Gasteiger charge is 2.18. The van der Waals surface area contributed by atoms with Crippen molar-refractivity contribution in [3.63, 3.8) is 0 Å². The minimum absolute atomic E-state index is 0.0102. The van der Waals surface area contributed by atoms with E-state index in [1.165, 1.54) is 295 Å². The van der Waals surface area contributed by atoms with Crippen molar-refractivity contribution in [1.82, 2.24) is 5.32 Å². The Bertz CT molecular complexity index is 1140. The molecule has 0 aromatic rings. The minimum Gasteiger partial charge on any atom is -0.466 e. The number of nitrogens with one attached hydrogen (secondary N) is 1. The van der Waals surface area contributed by atoms with Gasteiger partial charge in [-0.05, 0) is 57.8 Å². The van der Waals surface area contributed by atoms with E-state index in [9.17, 15) is 19.8 Å². The summed E-state index contributed by atoms with van der Waals surface area (Å²) in [5.74, 6) is -0.0534. The molecule has 0 saturated heterocycles. The number of carbonyl (C=O) groups excluding carboxylic acids is 2. The van der Waals surface area contributed by atoms with Gasteiger partial charge < -0.3 is 20.3 Å². The molecule has 0 aromatic carbocycles. The molecule has 0 aliphatic heterocycles. The van der Waals surface area contributed by atoms with Crippen LogP contribution < -0.4 is 5.32 Å². The second-order valence-electron chi connectivity index (χ2n) is 22.8. The number of hydrogen-bond donors (Lipinski definition) is 3. The lowest BCUT2D eigenvalue weighted by Crippen LogP contribution is -2.45. The molecule has 6 heteroatoms. The van der Waals surface area contributed by atoms with Gasteiger partial charge >= 0.3 is 5.97 Å². The fourth-order valence-corrected chi connectivity index (χ4v) is 10.4. The highest BCUT2D eigenvalue weighted by atomic mass is 16.5.